The number of rotatable bonds is 5. The number of carboxylic acid groups (broad SMARTS) is 1. The highest BCUT2D eigenvalue weighted by atomic mass is 35.5. The lowest BCUT2D eigenvalue weighted by atomic mass is 10.1. The Labute approximate surface area is 121 Å². The van der Waals surface area contributed by atoms with Gasteiger partial charge in [-0.15, -0.1) is 11.6 Å². The minimum atomic E-state index is -4.60. The summed E-state index contributed by atoms with van der Waals surface area (Å²) in [6, 6.07) is 2.77. The van der Waals surface area contributed by atoms with Crippen LogP contribution in [0.1, 0.15) is 5.56 Å². The number of amides is 1. The third kappa shape index (κ3) is 4.78. The molecule has 0 fully saturated rings. The summed E-state index contributed by atoms with van der Waals surface area (Å²) in [4.78, 5) is 21.6. The first-order valence-corrected chi connectivity index (χ1v) is 6.09. The molecule has 116 valence electrons. The SMILES string of the molecule is O=C(O)N(CCCl)c1ccc(CC(F)(F)F)c([N+](=O)[O-])c1. The number of hydrogen-bond acceptors (Lipinski definition) is 3. The number of alkyl halides is 4. The van der Waals surface area contributed by atoms with E-state index in [2.05, 4.69) is 0 Å². The second-order valence-electron chi connectivity index (χ2n) is 3.99. The fourth-order valence-corrected chi connectivity index (χ4v) is 1.84. The van der Waals surface area contributed by atoms with Gasteiger partial charge >= 0.3 is 12.3 Å². The fraction of sp³-hybridized carbons (Fsp3) is 0.364. The van der Waals surface area contributed by atoms with E-state index in [1.165, 1.54) is 0 Å². The van der Waals surface area contributed by atoms with Crippen molar-refractivity contribution in [3.8, 4) is 0 Å². The average molecular weight is 327 g/mol. The van der Waals surface area contributed by atoms with E-state index in [9.17, 15) is 28.1 Å². The molecule has 0 bridgehead atoms. The number of nitro benzene ring substituents is 1. The van der Waals surface area contributed by atoms with Gasteiger partial charge in [0.1, 0.15) is 0 Å². The summed E-state index contributed by atoms with van der Waals surface area (Å²) in [6.07, 6.45) is -7.48. The van der Waals surface area contributed by atoms with Crippen LogP contribution in [0.15, 0.2) is 18.2 Å². The van der Waals surface area contributed by atoms with Gasteiger partial charge in [-0.1, -0.05) is 0 Å². The molecule has 0 aromatic heterocycles. The molecule has 0 radical (unpaired) electrons. The monoisotopic (exact) mass is 326 g/mol. The van der Waals surface area contributed by atoms with Crippen molar-refractivity contribution in [3.63, 3.8) is 0 Å². The van der Waals surface area contributed by atoms with Gasteiger partial charge in [0.05, 0.1) is 17.0 Å². The molecule has 21 heavy (non-hydrogen) atoms. The number of carbonyl (C=O) groups is 1. The van der Waals surface area contributed by atoms with Gasteiger partial charge in [-0.05, 0) is 12.1 Å². The van der Waals surface area contributed by atoms with Crippen LogP contribution >= 0.6 is 11.6 Å². The van der Waals surface area contributed by atoms with Crippen molar-refractivity contribution in [2.75, 3.05) is 17.3 Å². The molecule has 0 spiro atoms. The lowest BCUT2D eigenvalue weighted by Gasteiger charge is -2.18. The van der Waals surface area contributed by atoms with Gasteiger partial charge in [0, 0.05) is 24.1 Å². The molecule has 0 unspecified atom stereocenters. The second-order valence-corrected chi connectivity index (χ2v) is 4.36. The van der Waals surface area contributed by atoms with Crippen molar-refractivity contribution in [3.05, 3.63) is 33.9 Å². The molecule has 0 saturated carbocycles. The number of halogens is 4. The lowest BCUT2D eigenvalue weighted by Crippen LogP contribution is -2.31. The standard InChI is InChI=1S/C11H10ClF3N2O4/c12-3-4-16(10(18)19)8-2-1-7(6-11(13,14)15)9(5-8)17(20)21/h1-2,5H,3-4,6H2,(H,18,19). The van der Waals surface area contributed by atoms with E-state index in [1.807, 2.05) is 0 Å². The molecular formula is C11H10ClF3N2O4. The minimum Gasteiger partial charge on any atom is -0.465 e. The summed E-state index contributed by atoms with van der Waals surface area (Å²) in [7, 11) is 0. The van der Waals surface area contributed by atoms with Crippen molar-refractivity contribution in [1.29, 1.82) is 0 Å². The zero-order chi connectivity index (χ0) is 16.2. The van der Waals surface area contributed by atoms with E-state index in [0.29, 0.717) is 0 Å². The van der Waals surface area contributed by atoms with Gasteiger partial charge in [-0.25, -0.2) is 4.79 Å². The van der Waals surface area contributed by atoms with Gasteiger partial charge in [-0.2, -0.15) is 13.2 Å². The summed E-state index contributed by atoms with van der Waals surface area (Å²) >= 11 is 5.42. The molecule has 1 amide bonds. The first-order valence-electron chi connectivity index (χ1n) is 5.56. The Hall–Kier alpha value is -2.03. The highest BCUT2D eigenvalue weighted by Gasteiger charge is 2.32. The highest BCUT2D eigenvalue weighted by molar-refractivity contribution is 6.18. The Bertz CT molecular complexity index is 551. The van der Waals surface area contributed by atoms with Crippen LogP contribution in [0.3, 0.4) is 0 Å². The maximum absolute atomic E-state index is 12.3. The molecule has 1 rings (SSSR count). The van der Waals surface area contributed by atoms with Crippen molar-refractivity contribution < 1.29 is 28.0 Å². The van der Waals surface area contributed by atoms with Crippen LogP contribution < -0.4 is 4.90 Å². The lowest BCUT2D eigenvalue weighted by molar-refractivity contribution is -0.385. The van der Waals surface area contributed by atoms with Crippen molar-refractivity contribution >= 4 is 29.1 Å². The first-order chi connectivity index (χ1) is 9.65. The van der Waals surface area contributed by atoms with E-state index in [0.717, 1.165) is 23.1 Å². The predicted molar refractivity (Wildman–Crippen MR) is 68.9 cm³/mol. The number of hydrogen-bond donors (Lipinski definition) is 1. The van der Waals surface area contributed by atoms with Crippen LogP contribution in [0, 0.1) is 10.1 Å². The van der Waals surface area contributed by atoms with Crippen LogP contribution in [0.2, 0.25) is 0 Å². The summed E-state index contributed by atoms with van der Waals surface area (Å²) < 4.78 is 37.0. The maximum Gasteiger partial charge on any atom is 0.411 e. The number of nitrogens with zero attached hydrogens (tertiary/aromatic N) is 2. The van der Waals surface area contributed by atoms with E-state index in [4.69, 9.17) is 16.7 Å². The van der Waals surface area contributed by atoms with E-state index in [-0.39, 0.29) is 18.1 Å². The zero-order valence-electron chi connectivity index (χ0n) is 10.4. The topological polar surface area (TPSA) is 83.7 Å². The minimum absolute atomic E-state index is 0.0651. The molecule has 1 aromatic carbocycles. The molecule has 0 saturated heterocycles. The molecule has 1 aromatic rings. The Balaban J connectivity index is 3.25. The Morgan fingerprint density at radius 2 is 2.05 bits per heavy atom. The third-order valence-corrected chi connectivity index (χ3v) is 2.68. The van der Waals surface area contributed by atoms with Crippen LogP contribution in [0.5, 0.6) is 0 Å². The first kappa shape index (κ1) is 17.0. The molecular weight excluding hydrogens is 317 g/mol. The van der Waals surface area contributed by atoms with E-state index >= 15 is 0 Å². The summed E-state index contributed by atoms with van der Waals surface area (Å²) in [5, 5.41) is 19.8. The van der Waals surface area contributed by atoms with Crippen molar-refractivity contribution in [2.45, 2.75) is 12.6 Å². The molecule has 10 heteroatoms. The van der Waals surface area contributed by atoms with E-state index in [1.54, 1.807) is 0 Å². The predicted octanol–water partition coefficient (Wildman–Crippen LogP) is 3.42. The van der Waals surface area contributed by atoms with Crippen LogP contribution in [-0.2, 0) is 6.42 Å². The van der Waals surface area contributed by atoms with Gasteiger partial charge < -0.3 is 5.11 Å². The van der Waals surface area contributed by atoms with E-state index < -0.39 is 34.9 Å². The summed E-state index contributed by atoms with van der Waals surface area (Å²) in [6.45, 7) is -0.146. The third-order valence-electron chi connectivity index (χ3n) is 2.51. The molecule has 0 heterocycles. The van der Waals surface area contributed by atoms with Crippen molar-refractivity contribution in [2.24, 2.45) is 0 Å². The second kappa shape index (κ2) is 6.61. The number of benzene rings is 1. The smallest absolute Gasteiger partial charge is 0.411 e. The number of nitro groups is 1. The Morgan fingerprint density at radius 3 is 2.48 bits per heavy atom. The Kier molecular flexibility index (Phi) is 5.36. The zero-order valence-corrected chi connectivity index (χ0v) is 11.2. The maximum atomic E-state index is 12.3. The largest absolute Gasteiger partial charge is 0.465 e. The molecule has 0 aliphatic rings. The number of anilines is 1. The molecule has 6 nitrogen and oxygen atoms in total. The van der Waals surface area contributed by atoms with Gasteiger partial charge in [-0.3, -0.25) is 15.0 Å². The van der Waals surface area contributed by atoms with Crippen LogP contribution in [0.25, 0.3) is 0 Å². The van der Waals surface area contributed by atoms with Gasteiger partial charge in [0.15, 0.2) is 0 Å². The van der Waals surface area contributed by atoms with Gasteiger partial charge in [0.25, 0.3) is 5.69 Å². The highest BCUT2D eigenvalue weighted by Crippen LogP contribution is 2.31. The molecule has 0 aliphatic carbocycles. The van der Waals surface area contributed by atoms with Gasteiger partial charge in [0.2, 0.25) is 0 Å². The fourth-order valence-electron chi connectivity index (χ4n) is 1.68. The molecule has 1 N–H and O–H groups in total. The normalized spacial score (nSPS) is 11.2. The van der Waals surface area contributed by atoms with Crippen LogP contribution in [0.4, 0.5) is 29.3 Å². The van der Waals surface area contributed by atoms with Crippen LogP contribution in [-0.4, -0.2) is 34.7 Å². The average Bonchev–Trinajstić information content (AvgIpc) is 2.34. The molecule has 0 aliphatic heterocycles. The quantitative estimate of drug-likeness (QED) is 0.510. The Morgan fingerprint density at radius 1 is 1.43 bits per heavy atom. The molecule has 0 atom stereocenters. The summed E-state index contributed by atoms with van der Waals surface area (Å²) in [5.41, 5.74) is -1.43. The summed E-state index contributed by atoms with van der Waals surface area (Å²) in [5.74, 6) is -0.0651. The van der Waals surface area contributed by atoms with Crippen molar-refractivity contribution in [1.82, 2.24) is 0 Å².